The van der Waals surface area contributed by atoms with E-state index in [1.54, 1.807) is 0 Å². The molecule has 1 N–H and O–H groups in total. The van der Waals surface area contributed by atoms with Crippen molar-refractivity contribution in [1.82, 2.24) is 0 Å². The highest BCUT2D eigenvalue weighted by Gasteiger charge is 2.04. The number of carbonyl (C=O) groups excluding carboxylic acids is 1. The van der Waals surface area contributed by atoms with E-state index in [1.807, 2.05) is 31.2 Å². The molecule has 1 aromatic rings. The van der Waals surface area contributed by atoms with Gasteiger partial charge in [0.05, 0.1) is 0 Å². The van der Waals surface area contributed by atoms with Crippen LogP contribution in [0.3, 0.4) is 0 Å². The topological polar surface area (TPSA) is 29.1 Å². The fourth-order valence-electron chi connectivity index (χ4n) is 2.19. The lowest BCUT2D eigenvalue weighted by Crippen LogP contribution is -2.14. The minimum absolute atomic E-state index is 0.208. The molecule has 0 aliphatic carbocycles. The molecule has 106 valence electrons. The lowest BCUT2D eigenvalue weighted by Gasteiger charge is -2.15. The fourth-order valence-corrected chi connectivity index (χ4v) is 2.19. The van der Waals surface area contributed by atoms with Gasteiger partial charge >= 0.3 is 0 Å². The molecule has 0 radical (unpaired) electrons. The third-order valence-electron chi connectivity index (χ3n) is 3.43. The van der Waals surface area contributed by atoms with Crippen LogP contribution in [0.25, 0.3) is 0 Å². The molecule has 19 heavy (non-hydrogen) atoms. The van der Waals surface area contributed by atoms with Gasteiger partial charge in [0.2, 0.25) is 0 Å². The first-order chi connectivity index (χ1) is 9.17. The van der Waals surface area contributed by atoms with E-state index in [0.29, 0.717) is 12.5 Å². The Labute approximate surface area is 117 Å². The normalized spacial score (nSPS) is 12.2. The molecule has 0 spiro atoms. The second-order valence-corrected chi connectivity index (χ2v) is 5.25. The van der Waals surface area contributed by atoms with Crippen molar-refractivity contribution in [3.63, 3.8) is 0 Å². The maximum atomic E-state index is 11.5. The van der Waals surface area contributed by atoms with Crippen LogP contribution in [0.5, 0.6) is 0 Å². The molecule has 0 amide bonds. The molecule has 1 rings (SSSR count). The lowest BCUT2D eigenvalue weighted by molar-refractivity contribution is 0.0988. The number of unbranched alkanes of at least 4 members (excludes halogenated alkanes) is 3. The van der Waals surface area contributed by atoms with Crippen molar-refractivity contribution >= 4 is 11.5 Å². The van der Waals surface area contributed by atoms with Crippen molar-refractivity contribution < 1.29 is 4.79 Å². The summed E-state index contributed by atoms with van der Waals surface area (Å²) in [5, 5.41) is 3.49. The maximum Gasteiger partial charge on any atom is 0.162 e. The van der Waals surface area contributed by atoms with Crippen LogP contribution >= 0.6 is 0 Å². The minimum Gasteiger partial charge on any atom is -0.383 e. The van der Waals surface area contributed by atoms with Crippen LogP contribution in [0, 0.1) is 0 Å². The van der Waals surface area contributed by atoms with Gasteiger partial charge in [-0.15, -0.1) is 0 Å². The second kappa shape index (κ2) is 8.73. The Morgan fingerprint density at radius 1 is 1.11 bits per heavy atom. The highest BCUT2D eigenvalue weighted by Crippen LogP contribution is 2.14. The molecule has 2 heteroatoms. The zero-order valence-corrected chi connectivity index (χ0v) is 12.5. The average molecular weight is 261 g/mol. The van der Waals surface area contributed by atoms with Gasteiger partial charge in [-0.3, -0.25) is 4.79 Å². The molecule has 0 aliphatic rings. The van der Waals surface area contributed by atoms with E-state index in [9.17, 15) is 4.79 Å². The molecule has 0 heterocycles. The average Bonchev–Trinajstić information content (AvgIpc) is 2.43. The summed E-state index contributed by atoms with van der Waals surface area (Å²) in [6, 6.07) is 8.33. The lowest BCUT2D eigenvalue weighted by atomic mass is 10.1. The predicted molar refractivity (Wildman–Crippen MR) is 82.9 cm³/mol. The molecule has 0 saturated heterocycles. The summed E-state index contributed by atoms with van der Waals surface area (Å²) >= 11 is 0. The molecule has 2 nitrogen and oxygen atoms in total. The van der Waals surface area contributed by atoms with E-state index < -0.39 is 0 Å². The molecule has 0 aromatic heterocycles. The van der Waals surface area contributed by atoms with Crippen molar-refractivity contribution in [2.24, 2.45) is 0 Å². The molecule has 1 unspecified atom stereocenters. The molecular formula is C17H27NO. The van der Waals surface area contributed by atoms with Gasteiger partial charge in [0, 0.05) is 23.7 Å². The largest absolute Gasteiger partial charge is 0.383 e. The van der Waals surface area contributed by atoms with Gasteiger partial charge in [-0.2, -0.15) is 0 Å². The highest BCUT2D eigenvalue weighted by atomic mass is 16.1. The fraction of sp³-hybridized carbons (Fsp3) is 0.588. The minimum atomic E-state index is 0.208. The number of anilines is 1. The standard InChI is InChI=1S/C17H27NO/c1-4-6-7-8-9-14(3)18-16-12-10-15(11-13-16)17(19)5-2/h10-14,18H,4-9H2,1-3H3. The molecule has 0 saturated carbocycles. The van der Waals surface area contributed by atoms with Gasteiger partial charge in [0.25, 0.3) is 0 Å². The number of rotatable bonds is 9. The van der Waals surface area contributed by atoms with Gasteiger partial charge < -0.3 is 5.32 Å². The zero-order chi connectivity index (χ0) is 14.1. The summed E-state index contributed by atoms with van der Waals surface area (Å²) in [5.41, 5.74) is 1.92. The van der Waals surface area contributed by atoms with E-state index in [-0.39, 0.29) is 5.78 Å². The van der Waals surface area contributed by atoms with E-state index >= 15 is 0 Å². The van der Waals surface area contributed by atoms with Crippen LogP contribution in [-0.2, 0) is 0 Å². The Balaban J connectivity index is 2.38. The first-order valence-corrected chi connectivity index (χ1v) is 7.57. The first kappa shape index (κ1) is 15.7. The number of hydrogen-bond acceptors (Lipinski definition) is 2. The summed E-state index contributed by atoms with van der Waals surface area (Å²) in [5.74, 6) is 0.208. The van der Waals surface area contributed by atoms with E-state index in [4.69, 9.17) is 0 Å². The molecule has 0 bridgehead atoms. The second-order valence-electron chi connectivity index (χ2n) is 5.25. The zero-order valence-electron chi connectivity index (χ0n) is 12.5. The van der Waals surface area contributed by atoms with Crippen molar-refractivity contribution in [3.8, 4) is 0 Å². The van der Waals surface area contributed by atoms with Gasteiger partial charge in [0.15, 0.2) is 5.78 Å². The van der Waals surface area contributed by atoms with Crippen molar-refractivity contribution in [2.75, 3.05) is 5.32 Å². The summed E-state index contributed by atoms with van der Waals surface area (Å²) in [6.07, 6.45) is 7.01. The van der Waals surface area contributed by atoms with Crippen LogP contribution in [0.15, 0.2) is 24.3 Å². The third kappa shape index (κ3) is 5.91. The number of hydrogen-bond donors (Lipinski definition) is 1. The maximum absolute atomic E-state index is 11.5. The van der Waals surface area contributed by atoms with Crippen LogP contribution in [-0.4, -0.2) is 11.8 Å². The van der Waals surface area contributed by atoms with Gasteiger partial charge in [-0.05, 0) is 37.6 Å². The molecule has 0 fully saturated rings. The summed E-state index contributed by atoms with van der Waals surface area (Å²) in [7, 11) is 0. The van der Waals surface area contributed by atoms with Gasteiger partial charge in [0.1, 0.15) is 0 Å². The highest BCUT2D eigenvalue weighted by molar-refractivity contribution is 5.96. The molecule has 0 aliphatic heterocycles. The third-order valence-corrected chi connectivity index (χ3v) is 3.43. The number of nitrogens with one attached hydrogen (secondary N) is 1. The number of benzene rings is 1. The Morgan fingerprint density at radius 2 is 1.79 bits per heavy atom. The number of carbonyl (C=O) groups is 1. The van der Waals surface area contributed by atoms with Crippen molar-refractivity contribution in [3.05, 3.63) is 29.8 Å². The first-order valence-electron chi connectivity index (χ1n) is 7.57. The summed E-state index contributed by atoms with van der Waals surface area (Å²) < 4.78 is 0. The Hall–Kier alpha value is -1.31. The summed E-state index contributed by atoms with van der Waals surface area (Å²) in [6.45, 7) is 6.35. The van der Waals surface area contributed by atoms with Crippen LogP contribution in [0.4, 0.5) is 5.69 Å². The van der Waals surface area contributed by atoms with Gasteiger partial charge in [-0.25, -0.2) is 0 Å². The van der Waals surface area contributed by atoms with Crippen LogP contribution < -0.4 is 5.32 Å². The Morgan fingerprint density at radius 3 is 2.37 bits per heavy atom. The molecular weight excluding hydrogens is 234 g/mol. The number of Topliss-reactive ketones (excluding diaryl/α,β-unsaturated/α-hetero) is 1. The molecule has 1 atom stereocenters. The Kier molecular flexibility index (Phi) is 7.24. The van der Waals surface area contributed by atoms with Gasteiger partial charge in [-0.1, -0.05) is 39.5 Å². The van der Waals surface area contributed by atoms with E-state index in [2.05, 4.69) is 19.2 Å². The van der Waals surface area contributed by atoms with E-state index in [1.165, 1.54) is 32.1 Å². The quantitative estimate of drug-likeness (QED) is 0.498. The smallest absolute Gasteiger partial charge is 0.162 e. The van der Waals surface area contributed by atoms with Crippen LogP contribution in [0.1, 0.15) is 69.7 Å². The van der Waals surface area contributed by atoms with Crippen LogP contribution in [0.2, 0.25) is 0 Å². The summed E-state index contributed by atoms with van der Waals surface area (Å²) in [4.78, 5) is 11.5. The Bertz CT molecular complexity index is 369. The number of ketones is 1. The van der Waals surface area contributed by atoms with E-state index in [0.717, 1.165) is 11.3 Å². The van der Waals surface area contributed by atoms with Crippen molar-refractivity contribution in [2.45, 2.75) is 65.3 Å². The monoisotopic (exact) mass is 261 g/mol. The van der Waals surface area contributed by atoms with Crippen molar-refractivity contribution in [1.29, 1.82) is 0 Å². The SMILES string of the molecule is CCCCCCC(C)Nc1ccc(C(=O)CC)cc1. The predicted octanol–water partition coefficient (Wildman–Crippen LogP) is 5.05. The molecule has 1 aromatic carbocycles.